The first-order chi connectivity index (χ1) is 13.3. The van der Waals surface area contributed by atoms with E-state index in [2.05, 4.69) is 24.1 Å². The van der Waals surface area contributed by atoms with Crippen LogP contribution in [-0.2, 0) is 16.1 Å². The standard InChI is InChI=1S/C20H26ClN3O3S/c1-12(2)13(3)22-18(25)11-28-20-23-17-9-14(21)6-7-16(17)19(26)24(20)10-15-5-4-8-27-15/h6-7,9,12-13,15H,4-5,8,10-11H2,1-3H3,(H,22,25)/t13-,15+/m0/s1. The highest BCUT2D eigenvalue weighted by atomic mass is 35.5. The maximum Gasteiger partial charge on any atom is 0.262 e. The fourth-order valence-corrected chi connectivity index (χ4v) is 4.02. The Morgan fingerprint density at radius 1 is 1.43 bits per heavy atom. The molecule has 6 nitrogen and oxygen atoms in total. The van der Waals surface area contributed by atoms with E-state index in [1.165, 1.54) is 11.8 Å². The summed E-state index contributed by atoms with van der Waals surface area (Å²) in [5.74, 6) is 0.476. The topological polar surface area (TPSA) is 73.2 Å². The largest absolute Gasteiger partial charge is 0.376 e. The van der Waals surface area contributed by atoms with Crippen molar-refractivity contribution in [3.8, 4) is 0 Å². The molecular formula is C20H26ClN3O3S. The Morgan fingerprint density at radius 2 is 2.21 bits per heavy atom. The molecule has 1 aromatic heterocycles. The van der Waals surface area contributed by atoms with Gasteiger partial charge in [0, 0.05) is 17.7 Å². The molecule has 152 valence electrons. The Bertz CT molecular complexity index is 909. The van der Waals surface area contributed by atoms with Crippen LogP contribution < -0.4 is 10.9 Å². The fraction of sp³-hybridized carbons (Fsp3) is 0.550. The van der Waals surface area contributed by atoms with Gasteiger partial charge < -0.3 is 10.1 Å². The maximum atomic E-state index is 13.1. The van der Waals surface area contributed by atoms with Crippen LogP contribution >= 0.6 is 23.4 Å². The summed E-state index contributed by atoms with van der Waals surface area (Å²) in [5.41, 5.74) is 0.412. The van der Waals surface area contributed by atoms with Crippen LogP contribution in [0, 0.1) is 5.92 Å². The SMILES string of the molecule is CC(C)[C@H](C)NC(=O)CSc1nc2cc(Cl)ccc2c(=O)n1C[C@H]1CCCO1. The summed E-state index contributed by atoms with van der Waals surface area (Å²) in [6.45, 7) is 7.26. The van der Waals surface area contributed by atoms with Gasteiger partial charge in [0.05, 0.1) is 29.3 Å². The summed E-state index contributed by atoms with van der Waals surface area (Å²) in [4.78, 5) is 30.0. The van der Waals surface area contributed by atoms with Crippen LogP contribution in [0.15, 0.2) is 28.2 Å². The molecule has 1 aliphatic rings. The number of carbonyl (C=O) groups is 1. The predicted molar refractivity (Wildman–Crippen MR) is 113 cm³/mol. The number of rotatable bonds is 7. The van der Waals surface area contributed by atoms with Gasteiger partial charge in [-0.15, -0.1) is 0 Å². The van der Waals surface area contributed by atoms with Gasteiger partial charge in [0.25, 0.3) is 5.56 Å². The zero-order valence-corrected chi connectivity index (χ0v) is 18.0. The molecule has 2 atom stereocenters. The molecular weight excluding hydrogens is 398 g/mol. The van der Waals surface area contributed by atoms with E-state index in [9.17, 15) is 9.59 Å². The molecule has 1 N–H and O–H groups in total. The number of halogens is 1. The summed E-state index contributed by atoms with van der Waals surface area (Å²) in [7, 11) is 0. The van der Waals surface area contributed by atoms with E-state index in [4.69, 9.17) is 16.3 Å². The number of hydrogen-bond donors (Lipinski definition) is 1. The Kier molecular flexibility index (Phi) is 7.01. The Balaban J connectivity index is 1.87. The normalized spacial score (nSPS) is 18.0. The first-order valence-corrected chi connectivity index (χ1v) is 11.0. The first-order valence-electron chi connectivity index (χ1n) is 9.59. The van der Waals surface area contributed by atoms with E-state index in [-0.39, 0.29) is 29.4 Å². The van der Waals surface area contributed by atoms with E-state index in [1.807, 2.05) is 6.92 Å². The van der Waals surface area contributed by atoms with Crippen molar-refractivity contribution in [1.82, 2.24) is 14.9 Å². The fourth-order valence-electron chi connectivity index (χ4n) is 3.03. The van der Waals surface area contributed by atoms with Gasteiger partial charge in [-0.3, -0.25) is 14.2 Å². The highest BCUT2D eigenvalue weighted by Crippen LogP contribution is 2.22. The van der Waals surface area contributed by atoms with Crippen molar-refractivity contribution in [2.24, 2.45) is 5.92 Å². The van der Waals surface area contributed by atoms with E-state index >= 15 is 0 Å². The van der Waals surface area contributed by atoms with E-state index in [0.717, 1.165) is 12.8 Å². The van der Waals surface area contributed by atoms with Crippen LogP contribution in [0.3, 0.4) is 0 Å². The van der Waals surface area contributed by atoms with Crippen molar-refractivity contribution in [1.29, 1.82) is 0 Å². The van der Waals surface area contributed by atoms with Crippen molar-refractivity contribution < 1.29 is 9.53 Å². The van der Waals surface area contributed by atoms with Gasteiger partial charge in [-0.1, -0.05) is 37.2 Å². The average molecular weight is 424 g/mol. The Labute approximate surface area is 174 Å². The zero-order chi connectivity index (χ0) is 20.3. The van der Waals surface area contributed by atoms with Crippen LogP contribution in [0.1, 0.15) is 33.6 Å². The first kappa shape index (κ1) is 21.1. The van der Waals surface area contributed by atoms with Gasteiger partial charge in [-0.05, 0) is 43.9 Å². The second-order valence-electron chi connectivity index (χ2n) is 7.50. The molecule has 0 radical (unpaired) electrons. The van der Waals surface area contributed by atoms with Gasteiger partial charge in [-0.25, -0.2) is 4.98 Å². The average Bonchev–Trinajstić information content (AvgIpc) is 3.15. The molecule has 0 bridgehead atoms. The number of thioether (sulfide) groups is 1. The number of amides is 1. The minimum atomic E-state index is -0.129. The van der Waals surface area contributed by atoms with Crippen LogP contribution in [0.2, 0.25) is 5.02 Å². The summed E-state index contributed by atoms with van der Waals surface area (Å²) < 4.78 is 7.34. The number of benzene rings is 1. The zero-order valence-electron chi connectivity index (χ0n) is 16.4. The maximum absolute atomic E-state index is 13.1. The van der Waals surface area contributed by atoms with Gasteiger partial charge >= 0.3 is 0 Å². The Hall–Kier alpha value is -1.57. The number of carbonyl (C=O) groups excluding carboxylic acids is 1. The minimum absolute atomic E-state index is 0.00149. The summed E-state index contributed by atoms with van der Waals surface area (Å²) in [6, 6.07) is 5.16. The molecule has 3 rings (SSSR count). The number of ether oxygens (including phenoxy) is 1. The van der Waals surface area contributed by atoms with Crippen molar-refractivity contribution in [3.05, 3.63) is 33.6 Å². The van der Waals surface area contributed by atoms with Crippen molar-refractivity contribution in [2.45, 2.75) is 57.5 Å². The molecule has 0 unspecified atom stereocenters. The lowest BCUT2D eigenvalue weighted by molar-refractivity contribution is -0.119. The molecule has 1 fully saturated rings. The number of aromatic nitrogens is 2. The van der Waals surface area contributed by atoms with Gasteiger partial charge in [-0.2, -0.15) is 0 Å². The lowest BCUT2D eigenvalue weighted by atomic mass is 10.1. The third-order valence-corrected chi connectivity index (χ3v) is 6.23. The predicted octanol–water partition coefficient (Wildman–Crippen LogP) is 3.48. The third kappa shape index (κ3) is 5.07. The van der Waals surface area contributed by atoms with E-state index < -0.39 is 0 Å². The number of nitrogens with zero attached hydrogens (tertiary/aromatic N) is 2. The number of fused-ring (bicyclic) bond motifs is 1. The summed E-state index contributed by atoms with van der Waals surface area (Å²) in [6.07, 6.45) is 1.91. The van der Waals surface area contributed by atoms with Crippen LogP contribution in [0.5, 0.6) is 0 Å². The summed E-state index contributed by atoms with van der Waals surface area (Å²) >= 11 is 7.34. The smallest absolute Gasteiger partial charge is 0.262 e. The van der Waals surface area contributed by atoms with E-state index in [1.54, 1.807) is 22.8 Å². The second-order valence-corrected chi connectivity index (χ2v) is 8.87. The van der Waals surface area contributed by atoms with Gasteiger partial charge in [0.2, 0.25) is 5.91 Å². The Morgan fingerprint density at radius 3 is 2.89 bits per heavy atom. The molecule has 2 heterocycles. The van der Waals surface area contributed by atoms with E-state index in [0.29, 0.717) is 40.2 Å². The molecule has 0 aliphatic carbocycles. The summed E-state index contributed by atoms with van der Waals surface area (Å²) in [5, 5.41) is 4.54. The molecule has 1 aromatic carbocycles. The van der Waals surface area contributed by atoms with Crippen LogP contribution in [0.25, 0.3) is 10.9 Å². The molecule has 1 amide bonds. The lowest BCUT2D eigenvalue weighted by Gasteiger charge is -2.18. The molecule has 28 heavy (non-hydrogen) atoms. The van der Waals surface area contributed by atoms with Crippen molar-refractivity contribution in [2.75, 3.05) is 12.4 Å². The van der Waals surface area contributed by atoms with Crippen molar-refractivity contribution in [3.63, 3.8) is 0 Å². The number of hydrogen-bond acceptors (Lipinski definition) is 5. The second kappa shape index (κ2) is 9.29. The quantitative estimate of drug-likeness (QED) is 0.545. The third-order valence-electron chi connectivity index (χ3n) is 5.01. The lowest BCUT2D eigenvalue weighted by Crippen LogP contribution is -2.37. The monoisotopic (exact) mass is 423 g/mol. The molecule has 1 aliphatic heterocycles. The minimum Gasteiger partial charge on any atom is -0.376 e. The molecule has 8 heteroatoms. The molecule has 0 spiro atoms. The highest BCUT2D eigenvalue weighted by Gasteiger charge is 2.21. The van der Waals surface area contributed by atoms with Gasteiger partial charge in [0.1, 0.15) is 0 Å². The van der Waals surface area contributed by atoms with Crippen LogP contribution in [-0.4, -0.2) is 40.0 Å². The molecule has 2 aromatic rings. The molecule has 0 saturated carbocycles. The highest BCUT2D eigenvalue weighted by molar-refractivity contribution is 7.99. The van der Waals surface area contributed by atoms with Gasteiger partial charge in [0.15, 0.2) is 5.16 Å². The number of nitrogens with one attached hydrogen (secondary N) is 1. The molecule has 1 saturated heterocycles. The van der Waals surface area contributed by atoms with Crippen LogP contribution in [0.4, 0.5) is 0 Å². The van der Waals surface area contributed by atoms with Crippen molar-refractivity contribution >= 4 is 40.2 Å².